The van der Waals surface area contributed by atoms with Gasteiger partial charge in [0.1, 0.15) is 0 Å². The zero-order valence-corrected chi connectivity index (χ0v) is 46.1. The molecule has 15 aromatic rings. The number of fused-ring (bicyclic) bond motifs is 6. The predicted octanol–water partition coefficient (Wildman–Crippen LogP) is 17.0. The molecule has 8 nitrogen and oxygen atoms in total. The number of rotatable bonds is 7. The number of pyridine rings is 3. The molecule has 0 saturated carbocycles. The summed E-state index contributed by atoms with van der Waals surface area (Å²) in [5.74, 6) is 1.87. The molecule has 0 unspecified atom stereocenters. The largest absolute Gasteiger partial charge is 3.00 e. The second-order valence-electron chi connectivity index (χ2n) is 18.4. The van der Waals surface area contributed by atoms with Gasteiger partial charge in [-0.1, -0.05) is 152 Å². The molecule has 386 valence electrons. The van der Waals surface area contributed by atoms with Crippen molar-refractivity contribution in [2.75, 3.05) is 0 Å². The molecule has 15 rings (SSSR count). The summed E-state index contributed by atoms with van der Waals surface area (Å²) in [6.07, 6.45) is 5.36. The van der Waals surface area contributed by atoms with Gasteiger partial charge in [-0.15, -0.1) is 108 Å². The third-order valence-electron chi connectivity index (χ3n) is 13.3. The molecule has 0 aliphatic carbocycles. The molecule has 6 heterocycles. The van der Waals surface area contributed by atoms with E-state index < -0.39 is 0 Å². The Hall–Kier alpha value is -10.3. The molecule has 0 saturated heterocycles. The summed E-state index contributed by atoms with van der Waals surface area (Å²) < 4.78 is 4.56. The van der Waals surface area contributed by atoms with Crippen LogP contribution in [0.3, 0.4) is 0 Å². The summed E-state index contributed by atoms with van der Waals surface area (Å²) >= 11 is 0. The van der Waals surface area contributed by atoms with Gasteiger partial charge in [-0.05, 0) is 71.7 Å². The maximum atomic E-state index is 5.10. The van der Waals surface area contributed by atoms with Crippen LogP contribution in [0, 0.1) is 18.2 Å². The summed E-state index contributed by atoms with van der Waals surface area (Å²) in [6, 6.07) is 103. The standard InChI is InChI=1S/C39H25N5.3C11H8N.Ir/c1-4-14-26(15-5-1)37-40-38(27-16-6-2-7-17-27)42-39(41-37)44-34-23-13-11-21-30(34)32-24-35-31(25-36(32)44)29-20-10-12-22-33(29)43(35)28-18-8-3-9-19-28;3*1-2-6-10(7-3-1)11-8-4-5-9-12-11;/h1-25H;3*1-6,8-9H;/q;3*-1;+3. The van der Waals surface area contributed by atoms with Crippen molar-refractivity contribution in [3.8, 4) is 68.2 Å². The minimum atomic E-state index is 0. The van der Waals surface area contributed by atoms with E-state index in [4.69, 9.17) is 15.0 Å². The Morgan fingerprint density at radius 2 is 0.642 bits per heavy atom. The summed E-state index contributed by atoms with van der Waals surface area (Å²) in [7, 11) is 0. The summed E-state index contributed by atoms with van der Waals surface area (Å²) in [5, 5.41) is 4.69. The SMILES string of the molecule is [Ir+3].[c-]1ccccc1-c1ccccn1.[c-]1ccccc1-c1ccccn1.[c-]1ccccc1-c1ccccn1.c1ccc(-c2nc(-c3ccccc3)nc(-n3c4ccccc4c4cc5c(cc43)c3ccccc3n5-c3ccccc3)n2)cc1. The third-order valence-corrected chi connectivity index (χ3v) is 13.3. The first-order valence-corrected chi connectivity index (χ1v) is 26.3. The van der Waals surface area contributed by atoms with Crippen LogP contribution in [0.5, 0.6) is 0 Å². The van der Waals surface area contributed by atoms with Crippen molar-refractivity contribution < 1.29 is 20.1 Å². The van der Waals surface area contributed by atoms with Crippen LogP contribution >= 0.6 is 0 Å². The van der Waals surface area contributed by atoms with E-state index in [1.165, 1.54) is 21.8 Å². The van der Waals surface area contributed by atoms with Crippen LogP contribution in [0.2, 0.25) is 0 Å². The fourth-order valence-corrected chi connectivity index (χ4v) is 9.62. The van der Waals surface area contributed by atoms with Crippen molar-refractivity contribution in [3.05, 3.63) is 316 Å². The molecule has 0 radical (unpaired) electrons. The molecule has 0 N–H and O–H groups in total. The van der Waals surface area contributed by atoms with Gasteiger partial charge in [0.25, 0.3) is 0 Å². The van der Waals surface area contributed by atoms with Crippen molar-refractivity contribution in [1.29, 1.82) is 0 Å². The van der Waals surface area contributed by atoms with Gasteiger partial charge >= 0.3 is 20.1 Å². The number of hydrogen-bond acceptors (Lipinski definition) is 6. The predicted molar refractivity (Wildman–Crippen MR) is 325 cm³/mol. The van der Waals surface area contributed by atoms with Crippen molar-refractivity contribution in [3.63, 3.8) is 0 Å². The Morgan fingerprint density at radius 1 is 0.284 bits per heavy atom. The maximum absolute atomic E-state index is 5.10. The number of benzene rings is 9. The zero-order valence-electron chi connectivity index (χ0n) is 43.7. The van der Waals surface area contributed by atoms with Gasteiger partial charge in [0.05, 0.1) is 22.1 Å². The summed E-state index contributed by atoms with van der Waals surface area (Å²) in [5.41, 5.74) is 13.5. The smallest absolute Gasteiger partial charge is 0.309 e. The van der Waals surface area contributed by atoms with Crippen LogP contribution in [0.4, 0.5) is 0 Å². The zero-order chi connectivity index (χ0) is 53.7. The normalized spacial score (nSPS) is 10.6. The first kappa shape index (κ1) is 52.7. The summed E-state index contributed by atoms with van der Waals surface area (Å²) in [6.45, 7) is 0. The number of aromatic nitrogens is 8. The van der Waals surface area contributed by atoms with E-state index in [0.29, 0.717) is 17.6 Å². The van der Waals surface area contributed by atoms with Crippen molar-refractivity contribution in [2.45, 2.75) is 0 Å². The van der Waals surface area contributed by atoms with E-state index in [9.17, 15) is 0 Å². The molecule has 6 aromatic heterocycles. The van der Waals surface area contributed by atoms with Gasteiger partial charge in [0, 0.05) is 56.9 Å². The van der Waals surface area contributed by atoms with Crippen molar-refractivity contribution >= 4 is 43.6 Å². The minimum Gasteiger partial charge on any atom is -0.309 e. The van der Waals surface area contributed by atoms with E-state index in [1.807, 2.05) is 188 Å². The van der Waals surface area contributed by atoms with E-state index in [1.54, 1.807) is 18.6 Å². The molecule has 0 spiro atoms. The van der Waals surface area contributed by atoms with E-state index in [2.05, 4.69) is 133 Å². The topological polar surface area (TPSA) is 87.2 Å². The molecule has 0 bridgehead atoms. The van der Waals surface area contributed by atoms with Gasteiger partial charge in [0.15, 0.2) is 11.6 Å². The quantitative estimate of drug-likeness (QED) is 0.148. The van der Waals surface area contributed by atoms with Gasteiger partial charge < -0.3 is 19.5 Å². The van der Waals surface area contributed by atoms with E-state index in [-0.39, 0.29) is 20.1 Å². The Morgan fingerprint density at radius 3 is 1.04 bits per heavy atom. The number of nitrogens with zero attached hydrogens (tertiary/aromatic N) is 8. The number of para-hydroxylation sites is 3. The van der Waals surface area contributed by atoms with Crippen molar-refractivity contribution in [2.24, 2.45) is 0 Å². The second kappa shape index (κ2) is 25.4. The van der Waals surface area contributed by atoms with Crippen LogP contribution in [0.15, 0.2) is 298 Å². The maximum Gasteiger partial charge on any atom is 3.00 e. The fraction of sp³-hybridized carbons (Fsp3) is 0. The van der Waals surface area contributed by atoms with Crippen LogP contribution < -0.4 is 0 Å². The third kappa shape index (κ3) is 11.9. The van der Waals surface area contributed by atoms with Crippen LogP contribution in [0.1, 0.15) is 0 Å². The van der Waals surface area contributed by atoms with Crippen LogP contribution in [0.25, 0.3) is 112 Å². The Kier molecular flexibility index (Phi) is 16.6. The van der Waals surface area contributed by atoms with Crippen LogP contribution in [-0.2, 0) is 20.1 Å². The molecule has 0 aliphatic heterocycles. The molecule has 0 aliphatic rings. The average molecular weight is 1220 g/mol. The average Bonchev–Trinajstić information content (AvgIpc) is 3.48. The summed E-state index contributed by atoms with van der Waals surface area (Å²) in [4.78, 5) is 27.8. The molecular weight excluding hydrogens is 1170 g/mol. The van der Waals surface area contributed by atoms with Crippen LogP contribution in [-0.4, -0.2) is 39.0 Å². The van der Waals surface area contributed by atoms with Gasteiger partial charge in [0.2, 0.25) is 5.95 Å². The molecule has 81 heavy (non-hydrogen) atoms. The van der Waals surface area contributed by atoms with Gasteiger partial charge in [-0.25, -0.2) is 4.98 Å². The minimum absolute atomic E-state index is 0. The molecule has 0 amide bonds. The van der Waals surface area contributed by atoms with E-state index >= 15 is 0 Å². The first-order chi connectivity index (χ1) is 39.7. The fourth-order valence-electron chi connectivity index (χ4n) is 9.62. The molecule has 0 fully saturated rings. The van der Waals surface area contributed by atoms with Crippen molar-refractivity contribution in [1.82, 2.24) is 39.0 Å². The second-order valence-corrected chi connectivity index (χ2v) is 18.4. The molecule has 0 atom stereocenters. The Balaban J connectivity index is 0.000000149. The molecular formula is C72H49IrN8. The number of hydrogen-bond donors (Lipinski definition) is 0. The van der Waals surface area contributed by atoms with E-state index in [0.717, 1.165) is 72.4 Å². The monoisotopic (exact) mass is 1220 g/mol. The van der Waals surface area contributed by atoms with Gasteiger partial charge in [-0.3, -0.25) is 4.57 Å². The molecule has 9 aromatic carbocycles. The first-order valence-electron chi connectivity index (χ1n) is 26.3. The molecule has 9 heteroatoms. The Labute approximate surface area is 483 Å². The van der Waals surface area contributed by atoms with Gasteiger partial charge in [-0.2, -0.15) is 9.97 Å². The Bertz CT molecular complexity index is 4070.